The normalized spacial score (nSPS) is 16.0. The van der Waals surface area contributed by atoms with Crippen LogP contribution in [0.15, 0.2) is 12.1 Å². The molecule has 6 heteroatoms. The highest BCUT2D eigenvalue weighted by Gasteiger charge is 2.27. The van der Waals surface area contributed by atoms with Gasteiger partial charge < -0.3 is 24.3 Å². The molecule has 0 aromatic heterocycles. The van der Waals surface area contributed by atoms with Crippen LogP contribution in [0, 0.1) is 0 Å². The fourth-order valence-corrected chi connectivity index (χ4v) is 3.03. The Morgan fingerprint density at radius 1 is 1.04 bits per heavy atom. The summed E-state index contributed by atoms with van der Waals surface area (Å²) < 4.78 is 21.6. The minimum absolute atomic E-state index is 0.0877. The molecule has 1 saturated heterocycles. The lowest BCUT2D eigenvalue weighted by atomic mass is 10.0. The van der Waals surface area contributed by atoms with Crippen molar-refractivity contribution >= 4 is 0 Å². The van der Waals surface area contributed by atoms with Crippen LogP contribution in [0.3, 0.4) is 0 Å². The highest BCUT2D eigenvalue weighted by molar-refractivity contribution is 5.53. The van der Waals surface area contributed by atoms with Gasteiger partial charge in [-0.1, -0.05) is 0 Å². The fraction of sp³-hybridized carbons (Fsp3) is 0.667. The molecule has 1 aliphatic rings. The van der Waals surface area contributed by atoms with Crippen molar-refractivity contribution in [3.8, 4) is 17.2 Å². The number of benzene rings is 1. The standard InChI is InChI=1S/C18H30N2O4/c1-18(2,20-6-8-24-9-7-20)13-19-12-14-10-15(21-3)17(23-5)16(11-14)22-4/h10-11,19H,6-9,12-13H2,1-5H3. The number of methoxy groups -OCH3 is 3. The second kappa shape index (κ2) is 8.55. The van der Waals surface area contributed by atoms with Gasteiger partial charge in [0.05, 0.1) is 34.5 Å². The van der Waals surface area contributed by atoms with Crippen molar-refractivity contribution in [1.82, 2.24) is 10.2 Å². The van der Waals surface area contributed by atoms with Crippen LogP contribution in [0.4, 0.5) is 0 Å². The quantitative estimate of drug-likeness (QED) is 0.781. The van der Waals surface area contributed by atoms with Crippen molar-refractivity contribution in [2.45, 2.75) is 25.9 Å². The van der Waals surface area contributed by atoms with E-state index in [2.05, 4.69) is 24.1 Å². The Hall–Kier alpha value is -1.50. The molecule has 1 aromatic carbocycles. The third kappa shape index (κ3) is 4.53. The predicted molar refractivity (Wildman–Crippen MR) is 94.3 cm³/mol. The second-order valence-electron chi connectivity index (χ2n) is 6.55. The average molecular weight is 338 g/mol. The van der Waals surface area contributed by atoms with Crippen LogP contribution in [-0.4, -0.2) is 64.6 Å². The molecule has 24 heavy (non-hydrogen) atoms. The van der Waals surface area contributed by atoms with Gasteiger partial charge in [-0.05, 0) is 31.5 Å². The highest BCUT2D eigenvalue weighted by atomic mass is 16.5. The molecule has 1 heterocycles. The van der Waals surface area contributed by atoms with E-state index in [0.29, 0.717) is 17.2 Å². The Bertz CT molecular complexity index is 503. The first-order valence-corrected chi connectivity index (χ1v) is 8.34. The molecule has 0 radical (unpaired) electrons. The summed E-state index contributed by atoms with van der Waals surface area (Å²) in [4.78, 5) is 2.47. The molecular formula is C18H30N2O4. The van der Waals surface area contributed by atoms with E-state index in [-0.39, 0.29) is 5.54 Å². The molecule has 0 atom stereocenters. The highest BCUT2D eigenvalue weighted by Crippen LogP contribution is 2.38. The monoisotopic (exact) mass is 338 g/mol. The van der Waals surface area contributed by atoms with Crippen LogP contribution in [0.2, 0.25) is 0 Å². The first-order chi connectivity index (χ1) is 11.5. The molecular weight excluding hydrogens is 308 g/mol. The van der Waals surface area contributed by atoms with Crippen LogP contribution >= 0.6 is 0 Å². The Labute approximate surface area is 145 Å². The summed E-state index contributed by atoms with van der Waals surface area (Å²) in [6.45, 7) is 9.76. The summed E-state index contributed by atoms with van der Waals surface area (Å²) in [5.74, 6) is 1.99. The van der Waals surface area contributed by atoms with Gasteiger partial charge in [-0.25, -0.2) is 0 Å². The van der Waals surface area contributed by atoms with E-state index in [1.165, 1.54) is 0 Å². The van der Waals surface area contributed by atoms with Gasteiger partial charge in [-0.15, -0.1) is 0 Å². The van der Waals surface area contributed by atoms with E-state index in [1.54, 1.807) is 21.3 Å². The van der Waals surface area contributed by atoms with Gasteiger partial charge >= 0.3 is 0 Å². The lowest BCUT2D eigenvalue weighted by molar-refractivity contribution is -0.00967. The van der Waals surface area contributed by atoms with Crippen molar-refractivity contribution in [2.75, 3.05) is 54.2 Å². The molecule has 0 unspecified atom stereocenters. The molecule has 0 saturated carbocycles. The van der Waals surface area contributed by atoms with Crippen LogP contribution in [0.1, 0.15) is 19.4 Å². The van der Waals surface area contributed by atoms with E-state index in [9.17, 15) is 0 Å². The molecule has 136 valence electrons. The molecule has 0 bridgehead atoms. The van der Waals surface area contributed by atoms with Gasteiger partial charge in [0.15, 0.2) is 11.5 Å². The molecule has 0 spiro atoms. The van der Waals surface area contributed by atoms with Crippen LogP contribution in [-0.2, 0) is 11.3 Å². The van der Waals surface area contributed by atoms with Crippen molar-refractivity contribution in [1.29, 1.82) is 0 Å². The number of hydrogen-bond donors (Lipinski definition) is 1. The topological polar surface area (TPSA) is 52.2 Å². The summed E-state index contributed by atoms with van der Waals surface area (Å²) in [6.07, 6.45) is 0. The summed E-state index contributed by atoms with van der Waals surface area (Å²) in [7, 11) is 4.88. The Kier molecular flexibility index (Phi) is 6.71. The SMILES string of the molecule is COc1cc(CNCC(C)(C)N2CCOCC2)cc(OC)c1OC. The summed E-state index contributed by atoms with van der Waals surface area (Å²) in [5, 5.41) is 3.54. The van der Waals surface area contributed by atoms with Crippen molar-refractivity contribution in [2.24, 2.45) is 0 Å². The van der Waals surface area contributed by atoms with Crippen molar-refractivity contribution < 1.29 is 18.9 Å². The first kappa shape index (κ1) is 18.8. The number of nitrogens with one attached hydrogen (secondary N) is 1. The van der Waals surface area contributed by atoms with Gasteiger partial charge in [0, 0.05) is 31.7 Å². The first-order valence-electron chi connectivity index (χ1n) is 8.34. The van der Waals surface area contributed by atoms with Crippen LogP contribution in [0.5, 0.6) is 17.2 Å². The molecule has 1 aliphatic heterocycles. The van der Waals surface area contributed by atoms with Crippen molar-refractivity contribution in [3.63, 3.8) is 0 Å². The molecule has 0 amide bonds. The van der Waals surface area contributed by atoms with E-state index in [4.69, 9.17) is 18.9 Å². The average Bonchev–Trinajstić information content (AvgIpc) is 2.61. The molecule has 1 N–H and O–H groups in total. The van der Waals surface area contributed by atoms with E-state index in [0.717, 1.165) is 45.0 Å². The largest absolute Gasteiger partial charge is 0.493 e. The molecule has 0 aliphatic carbocycles. The Morgan fingerprint density at radius 2 is 1.62 bits per heavy atom. The number of morpholine rings is 1. The summed E-state index contributed by atoms with van der Waals surface area (Å²) in [5.41, 5.74) is 1.19. The zero-order chi connectivity index (χ0) is 17.6. The smallest absolute Gasteiger partial charge is 0.203 e. The zero-order valence-electron chi connectivity index (χ0n) is 15.5. The van der Waals surface area contributed by atoms with E-state index in [1.807, 2.05) is 12.1 Å². The molecule has 1 aromatic rings. The van der Waals surface area contributed by atoms with E-state index >= 15 is 0 Å². The maximum Gasteiger partial charge on any atom is 0.203 e. The van der Waals surface area contributed by atoms with Gasteiger partial charge in [-0.3, -0.25) is 4.90 Å². The minimum Gasteiger partial charge on any atom is -0.493 e. The van der Waals surface area contributed by atoms with Gasteiger partial charge in [0.1, 0.15) is 0 Å². The van der Waals surface area contributed by atoms with Crippen LogP contribution in [0.25, 0.3) is 0 Å². The number of rotatable bonds is 8. The van der Waals surface area contributed by atoms with E-state index < -0.39 is 0 Å². The Balaban J connectivity index is 1.98. The number of hydrogen-bond acceptors (Lipinski definition) is 6. The predicted octanol–water partition coefficient (Wildman–Crippen LogP) is 1.91. The molecule has 2 rings (SSSR count). The fourth-order valence-electron chi connectivity index (χ4n) is 3.03. The maximum atomic E-state index is 5.44. The number of nitrogens with zero attached hydrogens (tertiary/aromatic N) is 1. The number of ether oxygens (including phenoxy) is 4. The zero-order valence-corrected chi connectivity index (χ0v) is 15.5. The van der Waals surface area contributed by atoms with Gasteiger partial charge in [0.25, 0.3) is 0 Å². The van der Waals surface area contributed by atoms with Crippen LogP contribution < -0.4 is 19.5 Å². The third-order valence-corrected chi connectivity index (χ3v) is 4.48. The summed E-state index contributed by atoms with van der Waals surface area (Å²) in [6, 6.07) is 3.96. The Morgan fingerprint density at radius 3 is 2.12 bits per heavy atom. The minimum atomic E-state index is 0.0877. The third-order valence-electron chi connectivity index (χ3n) is 4.48. The lowest BCUT2D eigenvalue weighted by Gasteiger charge is -2.41. The second-order valence-corrected chi connectivity index (χ2v) is 6.55. The lowest BCUT2D eigenvalue weighted by Crippen LogP contribution is -2.54. The van der Waals surface area contributed by atoms with Gasteiger partial charge in [-0.2, -0.15) is 0 Å². The molecule has 1 fully saturated rings. The van der Waals surface area contributed by atoms with Gasteiger partial charge in [0.2, 0.25) is 5.75 Å². The molecule has 6 nitrogen and oxygen atoms in total. The van der Waals surface area contributed by atoms with Crippen molar-refractivity contribution in [3.05, 3.63) is 17.7 Å². The maximum absolute atomic E-state index is 5.44. The summed E-state index contributed by atoms with van der Waals surface area (Å²) >= 11 is 0.